The van der Waals surface area contributed by atoms with Crippen molar-refractivity contribution < 1.29 is 9.90 Å². The predicted molar refractivity (Wildman–Crippen MR) is 76.6 cm³/mol. The van der Waals surface area contributed by atoms with Crippen LogP contribution in [0.4, 0.5) is 0 Å². The molecule has 0 saturated carbocycles. The SMILES string of the molecule is Cc1nc(C(C)N2CCC(CC(=O)O)CC2)c(C)s1. The van der Waals surface area contributed by atoms with Gasteiger partial charge in [-0.1, -0.05) is 0 Å². The van der Waals surface area contributed by atoms with Crippen LogP contribution in [0.3, 0.4) is 0 Å². The Morgan fingerprint density at radius 1 is 1.47 bits per heavy atom. The average Bonchev–Trinajstić information content (AvgIpc) is 2.68. The highest BCUT2D eigenvalue weighted by Crippen LogP contribution is 2.30. The summed E-state index contributed by atoms with van der Waals surface area (Å²) in [6, 6.07) is 0.343. The molecule has 0 aromatic carbocycles. The lowest BCUT2D eigenvalue weighted by atomic mass is 9.92. The number of likely N-dealkylation sites (tertiary alicyclic amines) is 1. The number of carboxylic acids is 1. The van der Waals surface area contributed by atoms with E-state index in [1.165, 1.54) is 10.6 Å². The second-order valence-corrected chi connectivity index (χ2v) is 6.83. The summed E-state index contributed by atoms with van der Waals surface area (Å²) in [5, 5.41) is 9.96. The fourth-order valence-electron chi connectivity index (χ4n) is 2.90. The van der Waals surface area contributed by atoms with Gasteiger partial charge in [0, 0.05) is 11.3 Å². The molecule has 1 aliphatic heterocycles. The Kier molecular flexibility index (Phi) is 4.58. The highest BCUT2D eigenvalue weighted by molar-refractivity contribution is 7.11. The summed E-state index contributed by atoms with van der Waals surface area (Å²) in [4.78, 5) is 19.1. The lowest BCUT2D eigenvalue weighted by Crippen LogP contribution is -2.36. The van der Waals surface area contributed by atoms with Gasteiger partial charge >= 0.3 is 5.97 Å². The summed E-state index contributed by atoms with van der Waals surface area (Å²) in [6.45, 7) is 8.35. The minimum Gasteiger partial charge on any atom is -0.481 e. The summed E-state index contributed by atoms with van der Waals surface area (Å²) in [7, 11) is 0. The minimum absolute atomic E-state index is 0.317. The normalized spacial score (nSPS) is 19.5. The molecule has 1 saturated heterocycles. The molecule has 0 aliphatic carbocycles. The number of aliphatic carboxylic acids is 1. The lowest BCUT2D eigenvalue weighted by molar-refractivity contribution is -0.138. The van der Waals surface area contributed by atoms with Crippen molar-refractivity contribution >= 4 is 17.3 Å². The van der Waals surface area contributed by atoms with Crippen LogP contribution in [0.2, 0.25) is 0 Å². The molecule has 1 N–H and O–H groups in total. The van der Waals surface area contributed by atoms with E-state index in [-0.39, 0.29) is 0 Å². The Morgan fingerprint density at radius 3 is 2.58 bits per heavy atom. The van der Waals surface area contributed by atoms with E-state index in [1.807, 2.05) is 6.92 Å². The molecule has 0 spiro atoms. The van der Waals surface area contributed by atoms with Crippen molar-refractivity contribution in [2.24, 2.45) is 5.92 Å². The van der Waals surface area contributed by atoms with Gasteiger partial charge in [0.25, 0.3) is 0 Å². The molecular weight excluding hydrogens is 260 g/mol. The first kappa shape index (κ1) is 14.5. The lowest BCUT2D eigenvalue weighted by Gasteiger charge is -2.35. The number of aryl methyl sites for hydroxylation is 2. The Labute approximate surface area is 118 Å². The molecule has 1 aliphatic rings. The second-order valence-electron chi connectivity index (χ2n) is 5.43. The van der Waals surface area contributed by atoms with Crippen molar-refractivity contribution in [2.75, 3.05) is 13.1 Å². The minimum atomic E-state index is -0.669. The first-order chi connectivity index (χ1) is 8.97. The van der Waals surface area contributed by atoms with Gasteiger partial charge in [0.2, 0.25) is 0 Å². The van der Waals surface area contributed by atoms with Crippen molar-refractivity contribution in [3.05, 3.63) is 15.6 Å². The van der Waals surface area contributed by atoms with Crippen LogP contribution in [-0.4, -0.2) is 34.0 Å². The van der Waals surface area contributed by atoms with Crippen LogP contribution in [0, 0.1) is 19.8 Å². The van der Waals surface area contributed by atoms with Crippen LogP contribution >= 0.6 is 11.3 Å². The van der Waals surface area contributed by atoms with Gasteiger partial charge in [-0.05, 0) is 52.6 Å². The molecule has 1 aromatic rings. The monoisotopic (exact) mass is 282 g/mol. The molecular formula is C14H22N2O2S. The van der Waals surface area contributed by atoms with Crippen LogP contribution < -0.4 is 0 Å². The third kappa shape index (κ3) is 3.54. The largest absolute Gasteiger partial charge is 0.481 e. The zero-order valence-corrected chi connectivity index (χ0v) is 12.7. The van der Waals surface area contributed by atoms with Gasteiger partial charge in [0.1, 0.15) is 0 Å². The van der Waals surface area contributed by atoms with Crippen molar-refractivity contribution in [3.63, 3.8) is 0 Å². The van der Waals surface area contributed by atoms with Gasteiger partial charge < -0.3 is 5.11 Å². The van der Waals surface area contributed by atoms with E-state index >= 15 is 0 Å². The van der Waals surface area contributed by atoms with Gasteiger partial charge in [-0.15, -0.1) is 11.3 Å². The van der Waals surface area contributed by atoms with Crippen molar-refractivity contribution in [3.8, 4) is 0 Å². The topological polar surface area (TPSA) is 53.4 Å². The first-order valence-electron chi connectivity index (χ1n) is 6.87. The fourth-order valence-corrected chi connectivity index (χ4v) is 3.80. The van der Waals surface area contributed by atoms with Crippen molar-refractivity contribution in [1.29, 1.82) is 0 Å². The number of carboxylic acid groups (broad SMARTS) is 1. The van der Waals surface area contributed by atoms with Crippen LogP contribution in [0.5, 0.6) is 0 Å². The predicted octanol–water partition coefficient (Wildman–Crippen LogP) is 3.01. The molecule has 0 radical (unpaired) electrons. The molecule has 1 fully saturated rings. The molecule has 19 heavy (non-hydrogen) atoms. The molecule has 4 nitrogen and oxygen atoms in total. The molecule has 2 rings (SSSR count). The second kappa shape index (κ2) is 6.01. The van der Waals surface area contributed by atoms with E-state index in [9.17, 15) is 4.79 Å². The summed E-state index contributed by atoms with van der Waals surface area (Å²) in [5.41, 5.74) is 1.19. The highest BCUT2D eigenvalue weighted by atomic mass is 32.1. The molecule has 1 aromatic heterocycles. The molecule has 0 bridgehead atoms. The first-order valence-corrected chi connectivity index (χ1v) is 7.68. The van der Waals surface area contributed by atoms with E-state index in [1.54, 1.807) is 11.3 Å². The highest BCUT2D eigenvalue weighted by Gasteiger charge is 2.26. The summed E-state index contributed by atoms with van der Waals surface area (Å²) >= 11 is 1.76. The zero-order chi connectivity index (χ0) is 14.0. The summed E-state index contributed by atoms with van der Waals surface area (Å²) in [6.07, 6.45) is 2.29. The number of nitrogens with zero attached hydrogens (tertiary/aromatic N) is 2. The maximum Gasteiger partial charge on any atom is 0.303 e. The maximum atomic E-state index is 10.7. The molecule has 0 amide bonds. The number of aromatic nitrogens is 1. The summed E-state index contributed by atoms with van der Waals surface area (Å²) < 4.78 is 0. The maximum absolute atomic E-state index is 10.7. The third-order valence-corrected chi connectivity index (χ3v) is 4.90. The Balaban J connectivity index is 1.94. The third-order valence-electron chi connectivity index (χ3n) is 4.00. The van der Waals surface area contributed by atoms with Gasteiger partial charge in [-0.25, -0.2) is 4.98 Å². The van der Waals surface area contributed by atoms with Crippen LogP contribution in [0.1, 0.15) is 47.8 Å². The summed E-state index contributed by atoms with van der Waals surface area (Å²) in [5.74, 6) is -0.323. The van der Waals surface area contributed by atoms with Crippen LogP contribution in [0.15, 0.2) is 0 Å². The van der Waals surface area contributed by atoms with E-state index in [4.69, 9.17) is 5.11 Å². The van der Waals surface area contributed by atoms with Crippen LogP contribution in [-0.2, 0) is 4.79 Å². The Morgan fingerprint density at radius 2 is 2.11 bits per heavy atom. The van der Waals surface area contributed by atoms with Crippen molar-refractivity contribution in [2.45, 2.75) is 46.1 Å². The smallest absolute Gasteiger partial charge is 0.303 e. The van der Waals surface area contributed by atoms with Crippen molar-refractivity contribution in [1.82, 2.24) is 9.88 Å². The number of hydrogen-bond acceptors (Lipinski definition) is 4. The molecule has 1 atom stereocenters. The molecule has 2 heterocycles. The quantitative estimate of drug-likeness (QED) is 0.922. The van der Waals surface area contributed by atoms with Gasteiger partial charge in [-0.3, -0.25) is 9.69 Å². The van der Waals surface area contributed by atoms with E-state index in [0.29, 0.717) is 18.4 Å². The fraction of sp³-hybridized carbons (Fsp3) is 0.714. The molecule has 106 valence electrons. The number of thiazole rings is 1. The zero-order valence-electron chi connectivity index (χ0n) is 11.8. The van der Waals surface area contributed by atoms with Crippen LogP contribution in [0.25, 0.3) is 0 Å². The van der Waals surface area contributed by atoms with E-state index in [0.717, 1.165) is 30.9 Å². The standard InChI is InChI=1S/C14H22N2O2S/c1-9(14-10(2)19-11(3)15-14)16-6-4-12(5-7-16)8-13(17)18/h9,12H,4-8H2,1-3H3,(H,17,18). The number of hydrogen-bond donors (Lipinski definition) is 1. The van der Waals surface area contributed by atoms with Gasteiger partial charge in [-0.2, -0.15) is 0 Å². The molecule has 1 unspecified atom stereocenters. The Hall–Kier alpha value is -0.940. The molecule has 5 heteroatoms. The van der Waals surface area contributed by atoms with Gasteiger partial charge in [0.15, 0.2) is 0 Å². The number of rotatable bonds is 4. The Bertz CT molecular complexity index is 450. The number of carbonyl (C=O) groups is 1. The average molecular weight is 282 g/mol. The van der Waals surface area contributed by atoms with E-state index < -0.39 is 5.97 Å². The van der Waals surface area contributed by atoms with E-state index in [2.05, 4.69) is 23.7 Å². The number of piperidine rings is 1. The van der Waals surface area contributed by atoms with Gasteiger partial charge in [0.05, 0.1) is 16.7 Å².